The number of fused-ring (bicyclic) bond motifs is 1. The van der Waals surface area contributed by atoms with Gasteiger partial charge in [-0.3, -0.25) is 0 Å². The SMILES string of the molecule is COC(=O)C1=C(C)NC(C)=C(C(=O)O)C1c1cccc2ccccc12. The number of carbonyl (C=O) groups excluding carboxylic acids is 1. The lowest BCUT2D eigenvalue weighted by Gasteiger charge is -2.30. The summed E-state index contributed by atoms with van der Waals surface area (Å²) in [6.07, 6.45) is 0. The third-order valence-corrected chi connectivity index (χ3v) is 4.53. The molecule has 2 N–H and O–H groups in total. The topological polar surface area (TPSA) is 75.6 Å². The van der Waals surface area contributed by atoms with Gasteiger partial charge in [-0.2, -0.15) is 0 Å². The molecule has 5 nitrogen and oxygen atoms in total. The molecule has 0 spiro atoms. The van der Waals surface area contributed by atoms with Crippen molar-refractivity contribution in [3.63, 3.8) is 0 Å². The highest BCUT2D eigenvalue weighted by Crippen LogP contribution is 2.41. The second-order valence-electron chi connectivity index (χ2n) is 6.00. The summed E-state index contributed by atoms with van der Waals surface area (Å²) in [5.41, 5.74) is 2.38. The van der Waals surface area contributed by atoms with Crippen molar-refractivity contribution in [2.75, 3.05) is 7.11 Å². The van der Waals surface area contributed by atoms with E-state index in [2.05, 4.69) is 5.32 Å². The summed E-state index contributed by atoms with van der Waals surface area (Å²) < 4.78 is 4.93. The van der Waals surface area contributed by atoms with Crippen LogP contribution in [0.5, 0.6) is 0 Å². The zero-order valence-electron chi connectivity index (χ0n) is 14.3. The molecule has 3 rings (SSSR count). The summed E-state index contributed by atoms with van der Waals surface area (Å²) in [5, 5.41) is 14.7. The molecule has 1 atom stereocenters. The van der Waals surface area contributed by atoms with Gasteiger partial charge in [0.2, 0.25) is 0 Å². The molecule has 25 heavy (non-hydrogen) atoms. The van der Waals surface area contributed by atoms with Crippen molar-refractivity contribution in [1.29, 1.82) is 0 Å². The fraction of sp³-hybridized carbons (Fsp3) is 0.200. The molecule has 0 aliphatic carbocycles. The highest BCUT2D eigenvalue weighted by Gasteiger charge is 2.37. The van der Waals surface area contributed by atoms with Gasteiger partial charge in [0.1, 0.15) is 0 Å². The molecule has 0 fully saturated rings. The Morgan fingerprint density at radius 3 is 2.32 bits per heavy atom. The molecule has 0 saturated heterocycles. The second kappa shape index (κ2) is 6.43. The number of ether oxygens (including phenoxy) is 1. The number of benzene rings is 2. The van der Waals surface area contributed by atoms with Crippen LogP contribution in [-0.4, -0.2) is 24.2 Å². The number of hydrogen-bond acceptors (Lipinski definition) is 4. The minimum atomic E-state index is -1.06. The summed E-state index contributed by atoms with van der Waals surface area (Å²) in [5.74, 6) is -2.29. The van der Waals surface area contributed by atoms with E-state index in [0.29, 0.717) is 17.0 Å². The zero-order valence-corrected chi connectivity index (χ0v) is 14.3. The number of aliphatic carboxylic acids is 1. The smallest absolute Gasteiger partial charge is 0.336 e. The van der Waals surface area contributed by atoms with Crippen LogP contribution < -0.4 is 5.32 Å². The number of carboxylic acids is 1. The van der Waals surface area contributed by atoms with E-state index in [4.69, 9.17) is 4.74 Å². The molecule has 1 unspecified atom stereocenters. The fourth-order valence-electron chi connectivity index (χ4n) is 3.47. The molecule has 5 heteroatoms. The molecular weight excluding hydrogens is 318 g/mol. The van der Waals surface area contributed by atoms with E-state index in [-0.39, 0.29) is 5.57 Å². The first-order valence-corrected chi connectivity index (χ1v) is 7.93. The van der Waals surface area contributed by atoms with Crippen molar-refractivity contribution in [3.05, 3.63) is 70.6 Å². The Morgan fingerprint density at radius 1 is 1.00 bits per heavy atom. The minimum absolute atomic E-state index is 0.155. The number of carboxylic acid groups (broad SMARTS) is 1. The predicted molar refractivity (Wildman–Crippen MR) is 94.9 cm³/mol. The number of carbonyl (C=O) groups is 2. The summed E-state index contributed by atoms with van der Waals surface area (Å²) in [4.78, 5) is 24.4. The normalized spacial score (nSPS) is 17.5. The molecule has 0 radical (unpaired) electrons. The molecule has 1 aliphatic rings. The lowest BCUT2D eigenvalue weighted by molar-refractivity contribution is -0.136. The van der Waals surface area contributed by atoms with Crippen LogP contribution in [-0.2, 0) is 14.3 Å². The van der Waals surface area contributed by atoms with Gasteiger partial charge in [0.25, 0.3) is 0 Å². The minimum Gasteiger partial charge on any atom is -0.478 e. The molecule has 2 aromatic carbocycles. The van der Waals surface area contributed by atoms with E-state index in [1.165, 1.54) is 7.11 Å². The van der Waals surface area contributed by atoms with Crippen LogP contribution in [0.3, 0.4) is 0 Å². The van der Waals surface area contributed by atoms with Crippen LogP contribution in [0.25, 0.3) is 10.8 Å². The molecule has 0 bridgehead atoms. The van der Waals surface area contributed by atoms with E-state index in [1.54, 1.807) is 13.8 Å². The Labute approximate surface area is 145 Å². The zero-order chi connectivity index (χ0) is 18.1. The maximum absolute atomic E-state index is 12.4. The average Bonchev–Trinajstić information content (AvgIpc) is 2.59. The number of allylic oxidation sites excluding steroid dienone is 2. The second-order valence-corrected chi connectivity index (χ2v) is 6.00. The van der Waals surface area contributed by atoms with Crippen molar-refractivity contribution in [2.45, 2.75) is 19.8 Å². The van der Waals surface area contributed by atoms with Crippen molar-refractivity contribution in [2.24, 2.45) is 0 Å². The first-order valence-electron chi connectivity index (χ1n) is 7.93. The highest BCUT2D eigenvalue weighted by molar-refractivity contribution is 6.01. The summed E-state index contributed by atoms with van der Waals surface area (Å²) >= 11 is 0. The monoisotopic (exact) mass is 337 g/mol. The summed E-state index contributed by atoms with van der Waals surface area (Å²) in [6, 6.07) is 13.4. The van der Waals surface area contributed by atoms with Crippen LogP contribution in [0.4, 0.5) is 0 Å². The van der Waals surface area contributed by atoms with Gasteiger partial charge in [0.05, 0.1) is 24.2 Å². The van der Waals surface area contributed by atoms with E-state index < -0.39 is 17.9 Å². The van der Waals surface area contributed by atoms with Gasteiger partial charge in [-0.1, -0.05) is 42.5 Å². The standard InChI is InChI=1S/C20H19NO4/c1-11-16(19(22)23)18(17(12(2)21-11)20(24)25-3)15-10-6-8-13-7-4-5-9-14(13)15/h4-10,18,21H,1-3H3,(H,22,23). The summed E-state index contributed by atoms with van der Waals surface area (Å²) in [7, 11) is 1.30. The third-order valence-electron chi connectivity index (χ3n) is 4.53. The van der Waals surface area contributed by atoms with Crippen LogP contribution in [0.2, 0.25) is 0 Å². The van der Waals surface area contributed by atoms with Crippen molar-refractivity contribution in [1.82, 2.24) is 5.32 Å². The molecule has 2 aromatic rings. The molecule has 1 heterocycles. The Morgan fingerprint density at radius 2 is 1.64 bits per heavy atom. The van der Waals surface area contributed by atoms with Gasteiger partial charge in [-0.15, -0.1) is 0 Å². The highest BCUT2D eigenvalue weighted by atomic mass is 16.5. The molecule has 0 saturated carbocycles. The lowest BCUT2D eigenvalue weighted by Crippen LogP contribution is -2.31. The van der Waals surface area contributed by atoms with Gasteiger partial charge in [-0.25, -0.2) is 9.59 Å². The molecular formula is C20H19NO4. The number of nitrogens with one attached hydrogen (secondary N) is 1. The third kappa shape index (κ3) is 2.78. The Balaban J connectivity index is 2.34. The van der Waals surface area contributed by atoms with Gasteiger partial charge in [0, 0.05) is 11.4 Å². The largest absolute Gasteiger partial charge is 0.478 e. The van der Waals surface area contributed by atoms with Gasteiger partial charge >= 0.3 is 11.9 Å². The van der Waals surface area contributed by atoms with E-state index >= 15 is 0 Å². The van der Waals surface area contributed by atoms with Gasteiger partial charge < -0.3 is 15.2 Å². The Bertz CT molecular complexity index is 934. The number of methoxy groups -OCH3 is 1. The number of rotatable bonds is 3. The van der Waals surface area contributed by atoms with Crippen molar-refractivity contribution >= 4 is 22.7 Å². The van der Waals surface area contributed by atoms with Crippen LogP contribution in [0.15, 0.2) is 65.0 Å². The molecule has 0 aromatic heterocycles. The van der Waals surface area contributed by atoms with Gasteiger partial charge in [-0.05, 0) is 30.2 Å². The van der Waals surface area contributed by atoms with Crippen LogP contribution >= 0.6 is 0 Å². The number of hydrogen-bond donors (Lipinski definition) is 2. The summed E-state index contributed by atoms with van der Waals surface area (Å²) in [6.45, 7) is 3.46. The number of esters is 1. The Kier molecular flexibility index (Phi) is 4.31. The molecule has 0 amide bonds. The lowest BCUT2D eigenvalue weighted by atomic mass is 9.78. The van der Waals surface area contributed by atoms with E-state index in [1.807, 2.05) is 42.5 Å². The number of dihydropyridines is 1. The average molecular weight is 337 g/mol. The van der Waals surface area contributed by atoms with E-state index in [0.717, 1.165) is 16.3 Å². The van der Waals surface area contributed by atoms with Gasteiger partial charge in [0.15, 0.2) is 0 Å². The van der Waals surface area contributed by atoms with Crippen molar-refractivity contribution in [3.8, 4) is 0 Å². The first kappa shape index (κ1) is 16.8. The maximum Gasteiger partial charge on any atom is 0.336 e. The fourth-order valence-corrected chi connectivity index (χ4v) is 3.47. The van der Waals surface area contributed by atoms with E-state index in [9.17, 15) is 14.7 Å². The molecule has 128 valence electrons. The maximum atomic E-state index is 12.4. The Hall–Kier alpha value is -3.08. The first-order chi connectivity index (χ1) is 12.0. The quantitative estimate of drug-likeness (QED) is 0.840. The van der Waals surface area contributed by atoms with Crippen molar-refractivity contribution < 1.29 is 19.4 Å². The predicted octanol–water partition coefficient (Wildman–Crippen LogP) is 3.33. The van der Waals surface area contributed by atoms with Crippen LogP contribution in [0.1, 0.15) is 25.3 Å². The van der Waals surface area contributed by atoms with Crippen LogP contribution in [0, 0.1) is 0 Å². The molecule has 1 aliphatic heterocycles.